The molecule has 2 aromatic carbocycles. The van der Waals surface area contributed by atoms with Crippen LogP contribution in [-0.4, -0.2) is 25.1 Å². The first-order valence-corrected chi connectivity index (χ1v) is 7.78. The number of anilines is 1. The number of benzene rings is 2. The van der Waals surface area contributed by atoms with Gasteiger partial charge in [-0.15, -0.1) is 0 Å². The molecule has 0 saturated carbocycles. The van der Waals surface area contributed by atoms with Crippen molar-refractivity contribution in [3.8, 4) is 5.75 Å². The molecule has 2 aromatic rings. The molecule has 1 N–H and O–H groups in total. The van der Waals surface area contributed by atoms with Crippen LogP contribution in [0.15, 0.2) is 42.5 Å². The van der Waals surface area contributed by atoms with E-state index in [2.05, 4.69) is 5.32 Å². The van der Waals surface area contributed by atoms with E-state index < -0.39 is 18.0 Å². The van der Waals surface area contributed by atoms with E-state index in [9.17, 15) is 9.59 Å². The average molecular weight is 368 g/mol. The molecule has 0 heterocycles. The van der Waals surface area contributed by atoms with Gasteiger partial charge in [0.25, 0.3) is 5.91 Å². The van der Waals surface area contributed by atoms with Gasteiger partial charge in [0.05, 0.1) is 23.4 Å². The quantitative estimate of drug-likeness (QED) is 0.804. The molecular formula is C17H15Cl2NO4. The van der Waals surface area contributed by atoms with Crippen molar-refractivity contribution in [2.24, 2.45) is 0 Å². The molecule has 1 amide bonds. The maximum absolute atomic E-state index is 12.2. The largest absolute Gasteiger partial charge is 0.495 e. The summed E-state index contributed by atoms with van der Waals surface area (Å²) in [7, 11) is 1.50. The van der Waals surface area contributed by atoms with E-state index >= 15 is 0 Å². The van der Waals surface area contributed by atoms with E-state index in [0.717, 1.165) is 0 Å². The second-order valence-electron chi connectivity index (χ2n) is 4.86. The highest BCUT2D eigenvalue weighted by Crippen LogP contribution is 2.24. The summed E-state index contributed by atoms with van der Waals surface area (Å²) >= 11 is 11.8. The molecule has 126 valence electrons. The highest BCUT2D eigenvalue weighted by Gasteiger charge is 2.21. The number of hydrogen-bond donors (Lipinski definition) is 1. The van der Waals surface area contributed by atoms with Gasteiger partial charge in [0.1, 0.15) is 5.75 Å². The second kappa shape index (κ2) is 8.04. The lowest BCUT2D eigenvalue weighted by Crippen LogP contribution is -2.30. The molecule has 0 aliphatic heterocycles. The molecule has 1 atom stereocenters. The van der Waals surface area contributed by atoms with Gasteiger partial charge in [-0.05, 0) is 37.3 Å². The Morgan fingerprint density at radius 1 is 1.12 bits per heavy atom. The molecular weight excluding hydrogens is 353 g/mol. The Bertz CT molecular complexity index is 764. The summed E-state index contributed by atoms with van der Waals surface area (Å²) in [5.41, 5.74) is 0.579. The van der Waals surface area contributed by atoms with Crippen molar-refractivity contribution in [3.05, 3.63) is 58.1 Å². The van der Waals surface area contributed by atoms with Crippen LogP contribution >= 0.6 is 23.2 Å². The molecule has 0 aliphatic carbocycles. The number of nitrogens with one attached hydrogen (secondary N) is 1. The number of hydrogen-bond acceptors (Lipinski definition) is 4. The van der Waals surface area contributed by atoms with Gasteiger partial charge in [-0.25, -0.2) is 4.79 Å². The normalized spacial score (nSPS) is 11.5. The first-order valence-electron chi connectivity index (χ1n) is 7.02. The second-order valence-corrected chi connectivity index (χ2v) is 5.70. The molecule has 0 fully saturated rings. The van der Waals surface area contributed by atoms with Crippen LogP contribution in [0.4, 0.5) is 5.69 Å². The minimum Gasteiger partial charge on any atom is -0.495 e. The zero-order chi connectivity index (χ0) is 17.7. The smallest absolute Gasteiger partial charge is 0.340 e. The van der Waals surface area contributed by atoms with E-state index in [1.54, 1.807) is 30.3 Å². The number of esters is 1. The summed E-state index contributed by atoms with van der Waals surface area (Å²) in [6.45, 7) is 1.46. The van der Waals surface area contributed by atoms with E-state index in [1.165, 1.54) is 26.2 Å². The fourth-order valence-electron chi connectivity index (χ4n) is 1.91. The molecule has 0 aliphatic rings. The molecule has 0 aromatic heterocycles. The SMILES string of the molecule is COc1ccccc1NC(=O)[C@@H](C)OC(=O)c1cc(Cl)ccc1Cl. The van der Waals surface area contributed by atoms with Crippen LogP contribution in [0.5, 0.6) is 5.75 Å². The van der Waals surface area contributed by atoms with Crippen LogP contribution in [0.2, 0.25) is 10.0 Å². The van der Waals surface area contributed by atoms with Gasteiger partial charge in [0.2, 0.25) is 0 Å². The van der Waals surface area contributed by atoms with E-state index in [4.69, 9.17) is 32.7 Å². The number of ether oxygens (including phenoxy) is 2. The number of carbonyl (C=O) groups excluding carboxylic acids is 2. The highest BCUT2D eigenvalue weighted by atomic mass is 35.5. The third kappa shape index (κ3) is 4.40. The monoisotopic (exact) mass is 367 g/mol. The lowest BCUT2D eigenvalue weighted by atomic mass is 10.2. The number of methoxy groups -OCH3 is 1. The molecule has 2 rings (SSSR count). The van der Waals surface area contributed by atoms with Crippen molar-refractivity contribution in [1.29, 1.82) is 0 Å². The fraction of sp³-hybridized carbons (Fsp3) is 0.176. The van der Waals surface area contributed by atoms with Crippen LogP contribution in [0.1, 0.15) is 17.3 Å². The lowest BCUT2D eigenvalue weighted by Gasteiger charge is -2.15. The lowest BCUT2D eigenvalue weighted by molar-refractivity contribution is -0.123. The fourth-order valence-corrected chi connectivity index (χ4v) is 2.28. The maximum atomic E-state index is 12.2. The predicted octanol–water partition coefficient (Wildman–Crippen LogP) is 4.19. The van der Waals surface area contributed by atoms with Crippen molar-refractivity contribution in [1.82, 2.24) is 0 Å². The van der Waals surface area contributed by atoms with Crippen LogP contribution in [-0.2, 0) is 9.53 Å². The number of carbonyl (C=O) groups is 2. The zero-order valence-electron chi connectivity index (χ0n) is 13.0. The van der Waals surface area contributed by atoms with Gasteiger partial charge in [-0.2, -0.15) is 0 Å². The number of halogens is 2. The van der Waals surface area contributed by atoms with Crippen LogP contribution < -0.4 is 10.1 Å². The topological polar surface area (TPSA) is 64.6 Å². The van der Waals surface area contributed by atoms with Crippen molar-refractivity contribution < 1.29 is 19.1 Å². The summed E-state index contributed by atoms with van der Waals surface area (Å²) < 4.78 is 10.3. The Balaban J connectivity index is 2.06. The van der Waals surface area contributed by atoms with Crippen LogP contribution in [0, 0.1) is 0 Å². The van der Waals surface area contributed by atoms with Gasteiger partial charge >= 0.3 is 5.97 Å². The van der Waals surface area contributed by atoms with Gasteiger partial charge < -0.3 is 14.8 Å². The van der Waals surface area contributed by atoms with Gasteiger partial charge in [-0.1, -0.05) is 35.3 Å². The minimum absolute atomic E-state index is 0.0982. The summed E-state index contributed by atoms with van der Waals surface area (Å²) in [5, 5.41) is 3.18. The standard InChI is InChI=1S/C17H15Cl2NO4/c1-10(16(21)20-14-5-3-4-6-15(14)23-2)24-17(22)12-9-11(18)7-8-13(12)19/h3-10H,1-2H3,(H,20,21)/t10-/m1/s1. The predicted molar refractivity (Wildman–Crippen MR) is 93.0 cm³/mol. The molecule has 7 heteroatoms. The molecule has 0 bridgehead atoms. The molecule has 0 saturated heterocycles. The van der Waals surface area contributed by atoms with Gasteiger partial charge in [-0.3, -0.25) is 4.79 Å². The molecule has 0 spiro atoms. The number of para-hydroxylation sites is 2. The third-order valence-electron chi connectivity index (χ3n) is 3.17. The summed E-state index contributed by atoms with van der Waals surface area (Å²) in [6.07, 6.45) is -1.03. The Morgan fingerprint density at radius 2 is 1.83 bits per heavy atom. The molecule has 5 nitrogen and oxygen atoms in total. The minimum atomic E-state index is -1.03. The zero-order valence-corrected chi connectivity index (χ0v) is 14.5. The Kier molecular flexibility index (Phi) is 6.06. The van der Waals surface area contributed by atoms with Gasteiger partial charge in [0, 0.05) is 5.02 Å². The number of rotatable bonds is 5. The van der Waals surface area contributed by atoms with Crippen LogP contribution in [0.25, 0.3) is 0 Å². The summed E-state index contributed by atoms with van der Waals surface area (Å²) in [6, 6.07) is 11.3. The molecule has 0 unspecified atom stereocenters. The van der Waals surface area contributed by atoms with Crippen molar-refractivity contribution >= 4 is 40.8 Å². The first kappa shape index (κ1) is 18.1. The molecule has 24 heavy (non-hydrogen) atoms. The summed E-state index contributed by atoms with van der Waals surface area (Å²) in [4.78, 5) is 24.3. The Labute approximate surface area is 149 Å². The number of amides is 1. The Morgan fingerprint density at radius 3 is 2.54 bits per heavy atom. The van der Waals surface area contributed by atoms with E-state index in [-0.39, 0.29) is 10.6 Å². The highest BCUT2D eigenvalue weighted by molar-refractivity contribution is 6.35. The third-order valence-corrected chi connectivity index (χ3v) is 3.73. The first-order chi connectivity index (χ1) is 11.4. The maximum Gasteiger partial charge on any atom is 0.340 e. The van der Waals surface area contributed by atoms with Crippen LogP contribution in [0.3, 0.4) is 0 Å². The van der Waals surface area contributed by atoms with Crippen molar-refractivity contribution in [2.75, 3.05) is 12.4 Å². The van der Waals surface area contributed by atoms with Crippen molar-refractivity contribution in [3.63, 3.8) is 0 Å². The molecule has 0 radical (unpaired) electrons. The van der Waals surface area contributed by atoms with E-state index in [0.29, 0.717) is 16.5 Å². The van der Waals surface area contributed by atoms with Gasteiger partial charge in [0.15, 0.2) is 6.10 Å². The average Bonchev–Trinajstić information content (AvgIpc) is 2.57. The Hall–Kier alpha value is -2.24. The van der Waals surface area contributed by atoms with Crippen molar-refractivity contribution in [2.45, 2.75) is 13.0 Å². The summed E-state index contributed by atoms with van der Waals surface area (Å²) in [5.74, 6) is -0.724. The van der Waals surface area contributed by atoms with E-state index in [1.807, 2.05) is 0 Å².